The number of urea groups is 1. The van der Waals surface area contributed by atoms with Crippen LogP contribution in [-0.2, 0) is 0 Å². The van der Waals surface area contributed by atoms with Crippen LogP contribution in [0, 0.1) is 0 Å². The fourth-order valence-corrected chi connectivity index (χ4v) is 3.58. The molecule has 2 aromatic carbocycles. The van der Waals surface area contributed by atoms with Gasteiger partial charge in [0.05, 0.1) is 5.69 Å². The van der Waals surface area contributed by atoms with E-state index >= 15 is 0 Å². The van der Waals surface area contributed by atoms with E-state index in [0.717, 1.165) is 41.3 Å². The van der Waals surface area contributed by atoms with Gasteiger partial charge in [0.15, 0.2) is 0 Å². The highest BCUT2D eigenvalue weighted by atomic mass is 16.2. The molecule has 3 N–H and O–H groups in total. The smallest absolute Gasteiger partial charge is 0.319 e. The predicted molar refractivity (Wildman–Crippen MR) is 116 cm³/mol. The van der Waals surface area contributed by atoms with Gasteiger partial charge >= 0.3 is 6.03 Å². The summed E-state index contributed by atoms with van der Waals surface area (Å²) in [5, 5.41) is 9.25. The number of anilines is 3. The molecular formula is C23H25N5O. The summed E-state index contributed by atoms with van der Waals surface area (Å²) in [4.78, 5) is 20.8. The summed E-state index contributed by atoms with van der Waals surface area (Å²) in [6, 6.07) is 19.7. The Morgan fingerprint density at radius 2 is 1.59 bits per heavy atom. The van der Waals surface area contributed by atoms with E-state index in [1.54, 1.807) is 6.33 Å². The van der Waals surface area contributed by atoms with Gasteiger partial charge in [-0.05, 0) is 37.1 Å². The first kappa shape index (κ1) is 18.9. The van der Waals surface area contributed by atoms with Gasteiger partial charge in [-0.15, -0.1) is 0 Å². The van der Waals surface area contributed by atoms with Crippen molar-refractivity contribution in [1.29, 1.82) is 0 Å². The van der Waals surface area contributed by atoms with Crippen molar-refractivity contribution in [2.24, 2.45) is 0 Å². The fraction of sp³-hybridized carbons (Fsp3) is 0.261. The van der Waals surface area contributed by atoms with E-state index < -0.39 is 0 Å². The molecule has 148 valence electrons. The maximum Gasteiger partial charge on any atom is 0.319 e. The second-order valence-corrected chi connectivity index (χ2v) is 7.29. The highest BCUT2D eigenvalue weighted by Crippen LogP contribution is 2.22. The summed E-state index contributed by atoms with van der Waals surface area (Å²) in [5.41, 5.74) is 3.56. The second-order valence-electron chi connectivity index (χ2n) is 7.29. The van der Waals surface area contributed by atoms with Gasteiger partial charge in [0, 0.05) is 29.0 Å². The Kier molecular flexibility index (Phi) is 6.00. The van der Waals surface area contributed by atoms with Crippen molar-refractivity contribution in [2.45, 2.75) is 38.1 Å². The molecule has 1 aliphatic carbocycles. The molecule has 0 unspecified atom stereocenters. The van der Waals surface area contributed by atoms with Crippen LogP contribution in [-0.4, -0.2) is 22.0 Å². The number of hydrogen-bond donors (Lipinski definition) is 3. The minimum absolute atomic E-state index is 0.138. The number of rotatable bonds is 5. The van der Waals surface area contributed by atoms with Crippen molar-refractivity contribution >= 4 is 23.2 Å². The molecule has 6 nitrogen and oxygen atoms in total. The lowest BCUT2D eigenvalue weighted by molar-refractivity contribution is 0.244. The molecule has 0 bridgehead atoms. The molecule has 2 amide bonds. The van der Waals surface area contributed by atoms with E-state index in [9.17, 15) is 4.79 Å². The lowest BCUT2D eigenvalue weighted by Crippen LogP contribution is -2.38. The first-order valence-electron chi connectivity index (χ1n) is 10.1. The van der Waals surface area contributed by atoms with Crippen LogP contribution in [0.5, 0.6) is 0 Å². The van der Waals surface area contributed by atoms with Gasteiger partial charge < -0.3 is 16.0 Å². The third-order valence-corrected chi connectivity index (χ3v) is 5.09. The molecular weight excluding hydrogens is 362 g/mol. The SMILES string of the molecule is O=C(Nc1ccc(Nc2cc(-c3ccccc3)ncn2)cc1)NC1CCCCC1. The predicted octanol–water partition coefficient (Wildman–Crippen LogP) is 5.34. The largest absolute Gasteiger partial charge is 0.340 e. The van der Waals surface area contributed by atoms with Crippen LogP contribution in [0.4, 0.5) is 22.0 Å². The zero-order valence-electron chi connectivity index (χ0n) is 16.3. The van der Waals surface area contributed by atoms with Crippen molar-refractivity contribution in [3.63, 3.8) is 0 Å². The molecule has 0 spiro atoms. The molecule has 0 saturated heterocycles. The number of carbonyl (C=O) groups is 1. The molecule has 0 atom stereocenters. The molecule has 0 radical (unpaired) electrons. The number of benzene rings is 2. The Morgan fingerprint density at radius 1 is 0.862 bits per heavy atom. The number of carbonyl (C=O) groups excluding carboxylic acids is 1. The Morgan fingerprint density at radius 3 is 2.34 bits per heavy atom. The molecule has 1 aromatic heterocycles. The maximum atomic E-state index is 12.2. The van der Waals surface area contributed by atoms with Gasteiger partial charge in [-0.1, -0.05) is 49.6 Å². The summed E-state index contributed by atoms with van der Waals surface area (Å²) in [5.74, 6) is 0.717. The lowest BCUT2D eigenvalue weighted by atomic mass is 9.96. The van der Waals surface area contributed by atoms with Gasteiger partial charge in [-0.2, -0.15) is 0 Å². The van der Waals surface area contributed by atoms with E-state index in [-0.39, 0.29) is 6.03 Å². The molecule has 6 heteroatoms. The van der Waals surface area contributed by atoms with Gasteiger partial charge in [-0.25, -0.2) is 14.8 Å². The van der Waals surface area contributed by atoms with Crippen molar-refractivity contribution in [1.82, 2.24) is 15.3 Å². The zero-order valence-corrected chi connectivity index (χ0v) is 16.3. The van der Waals surface area contributed by atoms with Crippen molar-refractivity contribution in [3.05, 3.63) is 67.0 Å². The van der Waals surface area contributed by atoms with Gasteiger partial charge in [0.25, 0.3) is 0 Å². The molecule has 0 aliphatic heterocycles. The molecule has 1 fully saturated rings. The molecule has 1 heterocycles. The van der Waals surface area contributed by atoms with Crippen LogP contribution in [0.15, 0.2) is 67.0 Å². The topological polar surface area (TPSA) is 78.9 Å². The molecule has 4 rings (SSSR count). The van der Waals surface area contributed by atoms with Gasteiger partial charge in [-0.3, -0.25) is 0 Å². The van der Waals surface area contributed by atoms with Crippen LogP contribution < -0.4 is 16.0 Å². The normalized spacial score (nSPS) is 14.2. The Balaban J connectivity index is 1.35. The Labute approximate surface area is 170 Å². The summed E-state index contributed by atoms with van der Waals surface area (Å²) in [6.07, 6.45) is 7.35. The van der Waals surface area contributed by atoms with E-state index in [2.05, 4.69) is 25.9 Å². The minimum Gasteiger partial charge on any atom is -0.340 e. The highest BCUT2D eigenvalue weighted by Gasteiger charge is 2.15. The summed E-state index contributed by atoms with van der Waals surface area (Å²) >= 11 is 0. The van der Waals surface area contributed by atoms with Crippen LogP contribution in [0.3, 0.4) is 0 Å². The molecule has 3 aromatic rings. The minimum atomic E-state index is -0.138. The van der Waals surface area contributed by atoms with Gasteiger partial charge in [0.2, 0.25) is 0 Å². The fourth-order valence-electron chi connectivity index (χ4n) is 3.58. The quantitative estimate of drug-likeness (QED) is 0.552. The molecule has 29 heavy (non-hydrogen) atoms. The standard InChI is InChI=1S/C23H25N5O/c29-23(27-18-9-5-2-6-10-18)28-20-13-11-19(12-14-20)26-22-15-21(24-16-25-22)17-7-3-1-4-8-17/h1,3-4,7-8,11-16,18H,2,5-6,9-10H2,(H,24,25,26)(H2,27,28,29). The average Bonchev–Trinajstić information content (AvgIpc) is 2.77. The van der Waals surface area contributed by atoms with Crippen LogP contribution in [0.25, 0.3) is 11.3 Å². The van der Waals surface area contributed by atoms with Crippen molar-refractivity contribution < 1.29 is 4.79 Å². The first-order chi connectivity index (χ1) is 14.3. The average molecular weight is 387 g/mol. The summed E-state index contributed by atoms with van der Waals surface area (Å²) in [6.45, 7) is 0. The Hall–Kier alpha value is -3.41. The number of aromatic nitrogens is 2. The number of hydrogen-bond acceptors (Lipinski definition) is 4. The van der Waals surface area contributed by atoms with Crippen LogP contribution in [0.2, 0.25) is 0 Å². The third-order valence-electron chi connectivity index (χ3n) is 5.09. The zero-order chi connectivity index (χ0) is 19.9. The highest BCUT2D eigenvalue weighted by molar-refractivity contribution is 5.89. The molecule has 1 aliphatic rings. The summed E-state index contributed by atoms with van der Waals surface area (Å²) in [7, 11) is 0. The van der Waals surface area contributed by atoms with E-state index in [1.165, 1.54) is 19.3 Å². The first-order valence-corrected chi connectivity index (χ1v) is 10.1. The Bertz CT molecular complexity index is 937. The number of amides is 2. The van der Waals surface area contributed by atoms with E-state index in [1.807, 2.05) is 60.7 Å². The monoisotopic (exact) mass is 387 g/mol. The van der Waals surface area contributed by atoms with Crippen LogP contribution >= 0.6 is 0 Å². The van der Waals surface area contributed by atoms with E-state index in [0.29, 0.717) is 6.04 Å². The lowest BCUT2D eigenvalue weighted by Gasteiger charge is -2.22. The number of nitrogens with one attached hydrogen (secondary N) is 3. The number of nitrogens with zero attached hydrogens (tertiary/aromatic N) is 2. The third kappa shape index (κ3) is 5.31. The molecule has 1 saturated carbocycles. The van der Waals surface area contributed by atoms with Crippen LogP contribution in [0.1, 0.15) is 32.1 Å². The van der Waals surface area contributed by atoms with Gasteiger partial charge in [0.1, 0.15) is 12.1 Å². The van der Waals surface area contributed by atoms with E-state index in [4.69, 9.17) is 0 Å². The maximum absolute atomic E-state index is 12.2. The van der Waals surface area contributed by atoms with Crippen molar-refractivity contribution in [3.8, 4) is 11.3 Å². The van der Waals surface area contributed by atoms with Crippen molar-refractivity contribution in [2.75, 3.05) is 10.6 Å². The second kappa shape index (κ2) is 9.19. The summed E-state index contributed by atoms with van der Waals surface area (Å²) < 4.78 is 0.